The standard InChI is InChI=1S/C16H10N4O/c21-10-12-9-11-5-1-2-6-13(11)17-16(12)20-15-8-4-3-7-14(15)18-19-20/h1-10H. The van der Waals surface area contributed by atoms with E-state index in [2.05, 4.69) is 15.3 Å². The Hall–Kier alpha value is -3.08. The fraction of sp³-hybridized carbons (Fsp3) is 0. The zero-order valence-electron chi connectivity index (χ0n) is 11.0. The van der Waals surface area contributed by atoms with Crippen LogP contribution in [0.15, 0.2) is 54.6 Å². The summed E-state index contributed by atoms with van der Waals surface area (Å²) in [6.07, 6.45) is 0.797. The quantitative estimate of drug-likeness (QED) is 0.527. The van der Waals surface area contributed by atoms with Crippen molar-refractivity contribution < 1.29 is 4.79 Å². The Kier molecular flexibility index (Phi) is 2.50. The number of rotatable bonds is 2. The Morgan fingerprint density at radius 3 is 2.57 bits per heavy atom. The second-order valence-electron chi connectivity index (χ2n) is 4.70. The zero-order chi connectivity index (χ0) is 14.2. The van der Waals surface area contributed by atoms with Crippen molar-refractivity contribution in [2.24, 2.45) is 0 Å². The van der Waals surface area contributed by atoms with Crippen molar-refractivity contribution in [2.75, 3.05) is 0 Å². The van der Waals surface area contributed by atoms with Crippen LogP contribution in [0.3, 0.4) is 0 Å². The van der Waals surface area contributed by atoms with Gasteiger partial charge in [-0.15, -0.1) is 5.10 Å². The van der Waals surface area contributed by atoms with E-state index in [1.807, 2.05) is 54.6 Å². The van der Waals surface area contributed by atoms with E-state index in [1.165, 1.54) is 0 Å². The number of fused-ring (bicyclic) bond motifs is 2. The van der Waals surface area contributed by atoms with Gasteiger partial charge >= 0.3 is 0 Å². The molecule has 0 aliphatic rings. The second-order valence-corrected chi connectivity index (χ2v) is 4.70. The van der Waals surface area contributed by atoms with Crippen LogP contribution in [0, 0.1) is 0 Å². The number of hydrogen-bond acceptors (Lipinski definition) is 4. The van der Waals surface area contributed by atoms with Crippen molar-refractivity contribution in [2.45, 2.75) is 0 Å². The first kappa shape index (κ1) is 11.7. The molecule has 0 aliphatic carbocycles. The van der Waals surface area contributed by atoms with Crippen LogP contribution in [0.1, 0.15) is 10.4 Å². The minimum absolute atomic E-state index is 0.490. The molecule has 2 aromatic carbocycles. The summed E-state index contributed by atoms with van der Waals surface area (Å²) in [5, 5.41) is 9.16. The van der Waals surface area contributed by atoms with E-state index in [0.717, 1.165) is 28.2 Å². The van der Waals surface area contributed by atoms with Gasteiger partial charge in [0.25, 0.3) is 0 Å². The molecule has 0 fully saturated rings. The summed E-state index contributed by atoms with van der Waals surface area (Å²) in [7, 11) is 0. The molecule has 0 spiro atoms. The van der Waals surface area contributed by atoms with E-state index in [0.29, 0.717) is 11.4 Å². The van der Waals surface area contributed by atoms with Crippen LogP contribution >= 0.6 is 0 Å². The van der Waals surface area contributed by atoms with Crippen LogP contribution in [0.25, 0.3) is 27.8 Å². The van der Waals surface area contributed by atoms with Crippen molar-refractivity contribution in [3.05, 3.63) is 60.2 Å². The highest BCUT2D eigenvalue weighted by molar-refractivity contribution is 5.90. The third-order valence-electron chi connectivity index (χ3n) is 3.41. The third-order valence-corrected chi connectivity index (χ3v) is 3.41. The second kappa shape index (κ2) is 4.49. The monoisotopic (exact) mass is 274 g/mol. The van der Waals surface area contributed by atoms with Gasteiger partial charge in [-0.25, -0.2) is 4.98 Å². The SMILES string of the molecule is O=Cc1cc2ccccc2nc1-n1nnc2ccccc21. The van der Waals surface area contributed by atoms with Crippen molar-refractivity contribution in [3.63, 3.8) is 0 Å². The van der Waals surface area contributed by atoms with E-state index in [-0.39, 0.29) is 0 Å². The highest BCUT2D eigenvalue weighted by atomic mass is 16.1. The van der Waals surface area contributed by atoms with E-state index >= 15 is 0 Å². The summed E-state index contributed by atoms with van der Waals surface area (Å²) in [6.45, 7) is 0. The summed E-state index contributed by atoms with van der Waals surface area (Å²) in [5.41, 5.74) is 2.90. The van der Waals surface area contributed by atoms with Crippen LogP contribution in [0.5, 0.6) is 0 Å². The molecule has 0 atom stereocenters. The summed E-state index contributed by atoms with van der Waals surface area (Å²) in [4.78, 5) is 16.0. The largest absolute Gasteiger partial charge is 0.298 e. The predicted octanol–water partition coefficient (Wildman–Crippen LogP) is 2.78. The van der Waals surface area contributed by atoms with Gasteiger partial charge in [0.05, 0.1) is 16.6 Å². The van der Waals surface area contributed by atoms with Crippen molar-refractivity contribution in [3.8, 4) is 5.82 Å². The van der Waals surface area contributed by atoms with Crippen LogP contribution in [0.2, 0.25) is 0 Å². The number of nitrogens with zero attached hydrogens (tertiary/aromatic N) is 4. The van der Waals surface area contributed by atoms with Gasteiger partial charge in [-0.3, -0.25) is 4.79 Å². The predicted molar refractivity (Wildman–Crippen MR) is 79.6 cm³/mol. The van der Waals surface area contributed by atoms with Crippen molar-refractivity contribution in [1.82, 2.24) is 20.0 Å². The van der Waals surface area contributed by atoms with Gasteiger partial charge in [0.1, 0.15) is 5.52 Å². The lowest BCUT2D eigenvalue weighted by Gasteiger charge is -2.06. The molecule has 0 unspecified atom stereocenters. The Morgan fingerprint density at radius 1 is 0.952 bits per heavy atom. The van der Waals surface area contributed by atoms with E-state index in [9.17, 15) is 4.79 Å². The van der Waals surface area contributed by atoms with Gasteiger partial charge in [-0.05, 0) is 24.3 Å². The number of carbonyl (C=O) groups excluding carboxylic acids is 1. The van der Waals surface area contributed by atoms with Crippen molar-refractivity contribution in [1.29, 1.82) is 0 Å². The smallest absolute Gasteiger partial charge is 0.167 e. The maximum atomic E-state index is 11.4. The van der Waals surface area contributed by atoms with Gasteiger partial charge in [0.15, 0.2) is 12.1 Å². The summed E-state index contributed by atoms with van der Waals surface area (Å²) in [5.74, 6) is 0.498. The lowest BCUT2D eigenvalue weighted by Crippen LogP contribution is -2.04. The van der Waals surface area contributed by atoms with E-state index in [4.69, 9.17) is 0 Å². The summed E-state index contributed by atoms with van der Waals surface area (Å²) in [6, 6.07) is 17.1. The molecular weight excluding hydrogens is 264 g/mol. The van der Waals surface area contributed by atoms with Gasteiger partial charge in [0.2, 0.25) is 0 Å². The molecule has 0 saturated carbocycles. The first-order valence-electron chi connectivity index (χ1n) is 6.52. The molecular formula is C16H10N4O. The Morgan fingerprint density at radius 2 is 1.71 bits per heavy atom. The minimum atomic E-state index is 0.490. The summed E-state index contributed by atoms with van der Waals surface area (Å²) >= 11 is 0. The van der Waals surface area contributed by atoms with E-state index in [1.54, 1.807) is 4.68 Å². The van der Waals surface area contributed by atoms with Gasteiger partial charge in [-0.2, -0.15) is 4.68 Å². The Bertz CT molecular complexity index is 974. The molecule has 0 radical (unpaired) electrons. The molecule has 2 heterocycles. The lowest BCUT2D eigenvalue weighted by atomic mass is 10.1. The molecule has 0 bridgehead atoms. The van der Waals surface area contributed by atoms with E-state index < -0.39 is 0 Å². The number of aldehydes is 1. The van der Waals surface area contributed by atoms with Gasteiger partial charge in [0, 0.05) is 5.39 Å². The number of pyridine rings is 1. The third kappa shape index (κ3) is 1.79. The molecule has 100 valence electrons. The molecule has 4 aromatic rings. The molecule has 5 nitrogen and oxygen atoms in total. The Balaban J connectivity index is 2.07. The van der Waals surface area contributed by atoms with Crippen molar-refractivity contribution >= 4 is 28.2 Å². The average molecular weight is 274 g/mol. The van der Waals surface area contributed by atoms with Gasteiger partial charge < -0.3 is 0 Å². The average Bonchev–Trinajstić information content (AvgIpc) is 2.97. The fourth-order valence-electron chi connectivity index (χ4n) is 2.40. The zero-order valence-corrected chi connectivity index (χ0v) is 11.0. The molecule has 0 aliphatic heterocycles. The molecule has 21 heavy (non-hydrogen) atoms. The number of para-hydroxylation sites is 2. The highest BCUT2D eigenvalue weighted by Gasteiger charge is 2.12. The molecule has 0 saturated heterocycles. The van der Waals surface area contributed by atoms with Crippen LogP contribution in [-0.4, -0.2) is 26.3 Å². The molecule has 2 aromatic heterocycles. The molecule has 0 N–H and O–H groups in total. The van der Waals surface area contributed by atoms with Crippen LogP contribution < -0.4 is 0 Å². The fourth-order valence-corrected chi connectivity index (χ4v) is 2.40. The normalized spacial score (nSPS) is 11.0. The minimum Gasteiger partial charge on any atom is -0.298 e. The molecule has 5 heteroatoms. The first-order valence-corrected chi connectivity index (χ1v) is 6.52. The Labute approximate surface area is 119 Å². The number of aromatic nitrogens is 4. The topological polar surface area (TPSA) is 60.7 Å². The number of hydrogen-bond donors (Lipinski definition) is 0. The van der Waals surface area contributed by atoms with Crippen LogP contribution in [-0.2, 0) is 0 Å². The molecule has 0 amide bonds. The summed E-state index contributed by atoms with van der Waals surface area (Å²) < 4.78 is 1.60. The number of carbonyl (C=O) groups is 1. The highest BCUT2D eigenvalue weighted by Crippen LogP contribution is 2.21. The number of benzene rings is 2. The molecule has 4 rings (SSSR count). The van der Waals surface area contributed by atoms with Gasteiger partial charge in [-0.1, -0.05) is 35.5 Å². The first-order chi connectivity index (χ1) is 10.4. The lowest BCUT2D eigenvalue weighted by molar-refractivity contribution is 0.112. The maximum Gasteiger partial charge on any atom is 0.167 e. The van der Waals surface area contributed by atoms with Crippen LogP contribution in [0.4, 0.5) is 0 Å². The maximum absolute atomic E-state index is 11.4.